The average molecular weight is 233 g/mol. The van der Waals surface area contributed by atoms with Gasteiger partial charge in [-0.3, -0.25) is 0 Å². The van der Waals surface area contributed by atoms with Crippen LogP contribution in [-0.4, -0.2) is 11.4 Å². The highest BCUT2D eigenvalue weighted by atomic mass is 32.1. The van der Waals surface area contributed by atoms with Gasteiger partial charge in [0.05, 0.1) is 0 Å². The van der Waals surface area contributed by atoms with Crippen LogP contribution < -0.4 is 10.6 Å². The summed E-state index contributed by atoms with van der Waals surface area (Å²) < 4.78 is 4.16. The van der Waals surface area contributed by atoms with Crippen molar-refractivity contribution in [1.29, 1.82) is 0 Å². The third-order valence-corrected chi connectivity index (χ3v) is 3.62. The Kier molecular flexibility index (Phi) is 3.10. The molecule has 0 saturated heterocycles. The first-order valence-corrected chi connectivity index (χ1v) is 5.92. The molecule has 1 aromatic carbocycles. The molecule has 2 N–H and O–H groups in total. The predicted octanol–water partition coefficient (Wildman–Crippen LogP) is 2.67. The van der Waals surface area contributed by atoms with Crippen LogP contribution >= 0.6 is 11.5 Å². The summed E-state index contributed by atoms with van der Waals surface area (Å²) in [5.74, 6) is 0.639. The number of nitrogen functional groups attached to an aromatic ring is 1. The molecule has 0 unspecified atom stereocenters. The van der Waals surface area contributed by atoms with Gasteiger partial charge in [0.1, 0.15) is 10.8 Å². The minimum absolute atomic E-state index is 0.639. The van der Waals surface area contributed by atoms with E-state index in [1.165, 1.54) is 17.1 Å². The standard InChI is InChI=1S/C12H15N3S/c1-9-11(13)14-16-12(9)15(2)8-10-6-4-3-5-7-10/h3-7H,8H2,1-2H3,(H2,13,14). The number of hydrogen-bond donors (Lipinski definition) is 1. The molecule has 0 amide bonds. The number of rotatable bonds is 3. The Labute approximate surface area is 99.7 Å². The lowest BCUT2D eigenvalue weighted by Gasteiger charge is -2.17. The van der Waals surface area contributed by atoms with Crippen LogP contribution in [0.3, 0.4) is 0 Å². The minimum atomic E-state index is 0.639. The predicted molar refractivity (Wildman–Crippen MR) is 69.8 cm³/mol. The Balaban J connectivity index is 2.15. The van der Waals surface area contributed by atoms with E-state index in [2.05, 4.69) is 40.6 Å². The second-order valence-corrected chi connectivity index (χ2v) is 4.59. The van der Waals surface area contributed by atoms with Crippen molar-refractivity contribution in [1.82, 2.24) is 4.37 Å². The molecule has 3 nitrogen and oxygen atoms in total. The molecule has 0 atom stereocenters. The summed E-state index contributed by atoms with van der Waals surface area (Å²) in [5, 5.41) is 1.14. The van der Waals surface area contributed by atoms with Gasteiger partial charge in [-0.1, -0.05) is 30.3 Å². The first kappa shape index (κ1) is 11.0. The van der Waals surface area contributed by atoms with Crippen molar-refractivity contribution in [2.45, 2.75) is 13.5 Å². The molecule has 4 heteroatoms. The molecule has 0 spiro atoms. The topological polar surface area (TPSA) is 42.1 Å². The van der Waals surface area contributed by atoms with Crippen LogP contribution in [0, 0.1) is 6.92 Å². The molecule has 1 heterocycles. The highest BCUT2D eigenvalue weighted by Crippen LogP contribution is 2.29. The molecular weight excluding hydrogens is 218 g/mol. The molecule has 16 heavy (non-hydrogen) atoms. The van der Waals surface area contributed by atoms with E-state index in [9.17, 15) is 0 Å². The Morgan fingerprint density at radius 2 is 2.00 bits per heavy atom. The third kappa shape index (κ3) is 2.17. The number of hydrogen-bond acceptors (Lipinski definition) is 4. The van der Waals surface area contributed by atoms with Gasteiger partial charge in [0.15, 0.2) is 0 Å². The van der Waals surface area contributed by atoms with E-state index >= 15 is 0 Å². The van der Waals surface area contributed by atoms with E-state index in [-0.39, 0.29) is 0 Å². The molecule has 1 aromatic heterocycles. The number of benzene rings is 1. The lowest BCUT2D eigenvalue weighted by atomic mass is 10.2. The maximum Gasteiger partial charge on any atom is 0.142 e. The minimum Gasteiger partial charge on any atom is -0.383 e. The summed E-state index contributed by atoms with van der Waals surface area (Å²) >= 11 is 1.45. The van der Waals surface area contributed by atoms with Crippen molar-refractivity contribution in [3.8, 4) is 0 Å². The molecule has 0 aliphatic rings. The molecule has 0 bridgehead atoms. The van der Waals surface area contributed by atoms with Gasteiger partial charge in [0, 0.05) is 19.2 Å². The van der Waals surface area contributed by atoms with Crippen molar-refractivity contribution in [2.24, 2.45) is 0 Å². The largest absolute Gasteiger partial charge is 0.383 e. The zero-order chi connectivity index (χ0) is 11.5. The second kappa shape index (κ2) is 4.53. The number of nitrogens with two attached hydrogens (primary N) is 1. The first-order valence-electron chi connectivity index (χ1n) is 5.15. The lowest BCUT2D eigenvalue weighted by molar-refractivity contribution is 0.930. The summed E-state index contributed by atoms with van der Waals surface area (Å²) in [6.07, 6.45) is 0. The second-order valence-electron chi connectivity index (χ2n) is 3.84. The number of aromatic nitrogens is 1. The Morgan fingerprint density at radius 3 is 2.56 bits per heavy atom. The summed E-state index contributed by atoms with van der Waals surface area (Å²) in [4.78, 5) is 2.18. The van der Waals surface area contributed by atoms with Crippen LogP contribution in [0.2, 0.25) is 0 Å². The van der Waals surface area contributed by atoms with Crippen LogP contribution in [0.15, 0.2) is 30.3 Å². The van der Waals surface area contributed by atoms with Crippen LogP contribution in [-0.2, 0) is 6.54 Å². The lowest BCUT2D eigenvalue weighted by Crippen LogP contribution is -2.15. The highest BCUT2D eigenvalue weighted by molar-refractivity contribution is 7.10. The molecular formula is C12H15N3S. The monoisotopic (exact) mass is 233 g/mol. The molecule has 0 aliphatic heterocycles. The number of anilines is 2. The SMILES string of the molecule is Cc1c(N)nsc1N(C)Cc1ccccc1. The zero-order valence-corrected chi connectivity index (χ0v) is 10.3. The van der Waals surface area contributed by atoms with Crippen LogP contribution in [0.1, 0.15) is 11.1 Å². The van der Waals surface area contributed by atoms with Crippen LogP contribution in [0.5, 0.6) is 0 Å². The van der Waals surface area contributed by atoms with E-state index < -0.39 is 0 Å². The van der Waals surface area contributed by atoms with E-state index in [1.54, 1.807) is 0 Å². The zero-order valence-electron chi connectivity index (χ0n) is 9.47. The van der Waals surface area contributed by atoms with Gasteiger partial charge in [-0.05, 0) is 24.0 Å². The number of nitrogens with zero attached hydrogens (tertiary/aromatic N) is 2. The fraction of sp³-hybridized carbons (Fsp3) is 0.250. The smallest absolute Gasteiger partial charge is 0.142 e. The fourth-order valence-electron chi connectivity index (χ4n) is 1.62. The van der Waals surface area contributed by atoms with E-state index in [0.717, 1.165) is 17.1 Å². The Hall–Kier alpha value is -1.55. The maximum absolute atomic E-state index is 5.74. The van der Waals surface area contributed by atoms with Gasteiger partial charge in [0.25, 0.3) is 0 Å². The summed E-state index contributed by atoms with van der Waals surface area (Å²) in [6, 6.07) is 10.4. The average Bonchev–Trinajstić information content (AvgIpc) is 2.61. The fourth-order valence-corrected chi connectivity index (χ4v) is 2.39. The van der Waals surface area contributed by atoms with Crippen molar-refractivity contribution in [2.75, 3.05) is 17.7 Å². The van der Waals surface area contributed by atoms with Gasteiger partial charge in [0.2, 0.25) is 0 Å². The van der Waals surface area contributed by atoms with E-state index in [0.29, 0.717) is 5.82 Å². The van der Waals surface area contributed by atoms with E-state index in [4.69, 9.17) is 5.73 Å². The maximum atomic E-state index is 5.74. The van der Waals surface area contributed by atoms with Gasteiger partial charge in [-0.2, -0.15) is 4.37 Å². The van der Waals surface area contributed by atoms with E-state index in [1.807, 2.05) is 13.0 Å². The van der Waals surface area contributed by atoms with Gasteiger partial charge < -0.3 is 10.6 Å². The molecule has 84 valence electrons. The quantitative estimate of drug-likeness (QED) is 0.886. The Morgan fingerprint density at radius 1 is 1.31 bits per heavy atom. The molecule has 0 radical (unpaired) electrons. The summed E-state index contributed by atoms with van der Waals surface area (Å²) in [5.41, 5.74) is 8.11. The van der Waals surface area contributed by atoms with Crippen LogP contribution in [0.4, 0.5) is 10.8 Å². The van der Waals surface area contributed by atoms with Crippen molar-refractivity contribution in [3.05, 3.63) is 41.5 Å². The molecule has 0 saturated carbocycles. The van der Waals surface area contributed by atoms with Gasteiger partial charge >= 0.3 is 0 Å². The molecule has 0 fully saturated rings. The summed E-state index contributed by atoms with van der Waals surface area (Å²) in [6.45, 7) is 2.89. The molecule has 2 aromatic rings. The molecule has 0 aliphatic carbocycles. The normalized spacial score (nSPS) is 10.4. The third-order valence-electron chi connectivity index (χ3n) is 2.54. The Bertz CT molecular complexity index is 464. The van der Waals surface area contributed by atoms with Gasteiger partial charge in [-0.15, -0.1) is 0 Å². The van der Waals surface area contributed by atoms with Crippen molar-refractivity contribution < 1.29 is 0 Å². The molecule has 2 rings (SSSR count). The van der Waals surface area contributed by atoms with Crippen molar-refractivity contribution >= 4 is 22.4 Å². The van der Waals surface area contributed by atoms with Crippen LogP contribution in [0.25, 0.3) is 0 Å². The first-order chi connectivity index (χ1) is 7.68. The van der Waals surface area contributed by atoms with Gasteiger partial charge in [-0.25, -0.2) is 0 Å². The summed E-state index contributed by atoms with van der Waals surface area (Å²) in [7, 11) is 2.06. The highest BCUT2D eigenvalue weighted by Gasteiger charge is 2.11. The van der Waals surface area contributed by atoms with Crippen molar-refractivity contribution in [3.63, 3.8) is 0 Å².